The van der Waals surface area contributed by atoms with Crippen molar-refractivity contribution in [1.29, 1.82) is 0 Å². The van der Waals surface area contributed by atoms with E-state index in [2.05, 4.69) is 12.2 Å². The molecule has 1 saturated heterocycles. The van der Waals surface area contributed by atoms with Crippen molar-refractivity contribution in [2.75, 3.05) is 26.2 Å². The molecule has 21 heavy (non-hydrogen) atoms. The smallest absolute Gasteiger partial charge is 0.317 e. The van der Waals surface area contributed by atoms with Gasteiger partial charge in [-0.25, -0.2) is 4.79 Å². The van der Waals surface area contributed by atoms with E-state index in [1.807, 2.05) is 0 Å². The van der Waals surface area contributed by atoms with E-state index in [1.54, 1.807) is 11.8 Å². The molecule has 1 aliphatic rings. The maximum absolute atomic E-state index is 12.0. The molecule has 1 aliphatic heterocycles. The van der Waals surface area contributed by atoms with Gasteiger partial charge in [-0.05, 0) is 32.1 Å². The number of urea groups is 1. The molecular weight excluding hydrogens is 272 g/mol. The van der Waals surface area contributed by atoms with Crippen LogP contribution in [0, 0.1) is 5.92 Å². The Morgan fingerprint density at radius 3 is 2.90 bits per heavy atom. The van der Waals surface area contributed by atoms with Gasteiger partial charge in [-0.1, -0.05) is 13.8 Å². The van der Waals surface area contributed by atoms with E-state index in [0.29, 0.717) is 25.9 Å². The first-order chi connectivity index (χ1) is 10.0. The predicted octanol–water partition coefficient (Wildman–Crippen LogP) is 2.09. The number of nitrogens with one attached hydrogen (secondary N) is 1. The molecule has 0 radical (unpaired) electrons. The minimum atomic E-state index is -0.784. The number of carboxylic acid groups (broad SMARTS) is 1. The Balaban J connectivity index is 2.20. The van der Waals surface area contributed by atoms with Gasteiger partial charge < -0.3 is 20.1 Å². The Labute approximate surface area is 126 Å². The molecule has 0 aromatic carbocycles. The van der Waals surface area contributed by atoms with Crippen LogP contribution in [0.2, 0.25) is 0 Å². The van der Waals surface area contributed by atoms with E-state index in [0.717, 1.165) is 32.4 Å². The average molecular weight is 300 g/mol. The van der Waals surface area contributed by atoms with Gasteiger partial charge in [0.1, 0.15) is 0 Å². The maximum atomic E-state index is 12.0. The van der Waals surface area contributed by atoms with E-state index in [9.17, 15) is 9.59 Å². The third-order valence-corrected chi connectivity index (χ3v) is 3.73. The van der Waals surface area contributed by atoms with Crippen LogP contribution >= 0.6 is 0 Å². The normalized spacial score (nSPS) is 20.1. The molecule has 0 aromatic rings. The maximum Gasteiger partial charge on any atom is 0.317 e. The highest BCUT2D eigenvalue weighted by atomic mass is 16.5. The van der Waals surface area contributed by atoms with Gasteiger partial charge in [-0.2, -0.15) is 0 Å². The lowest BCUT2D eigenvalue weighted by Crippen LogP contribution is -2.48. The largest absolute Gasteiger partial charge is 0.481 e. The lowest BCUT2D eigenvalue weighted by Gasteiger charge is -2.32. The molecule has 2 unspecified atom stereocenters. The number of ether oxygens (including phenoxy) is 1. The number of aliphatic carboxylic acids is 1. The van der Waals surface area contributed by atoms with Crippen molar-refractivity contribution in [3.8, 4) is 0 Å². The van der Waals surface area contributed by atoms with Crippen molar-refractivity contribution in [3.05, 3.63) is 0 Å². The zero-order valence-corrected chi connectivity index (χ0v) is 13.1. The number of carbonyl (C=O) groups excluding carboxylic acids is 1. The molecule has 1 heterocycles. The van der Waals surface area contributed by atoms with E-state index in [1.165, 1.54) is 0 Å². The number of carbonyl (C=O) groups is 2. The molecule has 0 saturated carbocycles. The molecule has 0 aliphatic carbocycles. The van der Waals surface area contributed by atoms with Crippen LogP contribution in [0.1, 0.15) is 46.0 Å². The molecule has 6 nitrogen and oxygen atoms in total. The molecule has 2 N–H and O–H groups in total. The van der Waals surface area contributed by atoms with Crippen molar-refractivity contribution >= 4 is 12.0 Å². The monoisotopic (exact) mass is 300 g/mol. The van der Waals surface area contributed by atoms with E-state index >= 15 is 0 Å². The van der Waals surface area contributed by atoms with Gasteiger partial charge in [0.2, 0.25) is 0 Å². The van der Waals surface area contributed by atoms with Crippen molar-refractivity contribution in [2.45, 2.75) is 52.1 Å². The predicted molar refractivity (Wildman–Crippen MR) is 80.3 cm³/mol. The Bertz CT molecular complexity index is 336. The lowest BCUT2D eigenvalue weighted by atomic mass is 10.1. The standard InChI is InChI=1S/C15H28N2O4/c1-3-10-21-13-7-5-9-17(11-13)15(20)16-8-4-6-12(2)14(18)19/h12-13H,3-11H2,1-2H3,(H,16,20)(H,18,19). The van der Waals surface area contributed by atoms with Crippen LogP contribution in [0.4, 0.5) is 4.79 Å². The van der Waals surface area contributed by atoms with E-state index in [-0.39, 0.29) is 18.1 Å². The van der Waals surface area contributed by atoms with E-state index in [4.69, 9.17) is 9.84 Å². The number of likely N-dealkylation sites (tertiary alicyclic amines) is 1. The Morgan fingerprint density at radius 1 is 1.48 bits per heavy atom. The number of piperidine rings is 1. The summed E-state index contributed by atoms with van der Waals surface area (Å²) in [5, 5.41) is 11.6. The first-order valence-electron chi connectivity index (χ1n) is 7.91. The quantitative estimate of drug-likeness (QED) is 0.673. The van der Waals surface area contributed by atoms with Crippen molar-refractivity contribution in [3.63, 3.8) is 0 Å². The van der Waals surface area contributed by atoms with E-state index < -0.39 is 5.97 Å². The number of hydrogen-bond acceptors (Lipinski definition) is 3. The zero-order chi connectivity index (χ0) is 15.7. The average Bonchev–Trinajstić information content (AvgIpc) is 2.49. The minimum Gasteiger partial charge on any atom is -0.481 e. The number of rotatable bonds is 8. The fourth-order valence-electron chi connectivity index (χ4n) is 2.38. The fourth-order valence-corrected chi connectivity index (χ4v) is 2.38. The van der Waals surface area contributed by atoms with Gasteiger partial charge in [0.25, 0.3) is 0 Å². The summed E-state index contributed by atoms with van der Waals surface area (Å²) >= 11 is 0. The van der Waals surface area contributed by atoms with Crippen LogP contribution in [0.3, 0.4) is 0 Å². The Kier molecular flexibility index (Phi) is 8.12. The zero-order valence-electron chi connectivity index (χ0n) is 13.1. The second-order valence-corrected chi connectivity index (χ2v) is 5.69. The molecule has 2 amide bonds. The third kappa shape index (κ3) is 6.80. The highest BCUT2D eigenvalue weighted by Crippen LogP contribution is 2.13. The molecule has 0 spiro atoms. The van der Waals surface area contributed by atoms with Gasteiger partial charge in [0, 0.05) is 26.2 Å². The van der Waals surface area contributed by atoms with Crippen molar-refractivity contribution < 1.29 is 19.4 Å². The van der Waals surface area contributed by atoms with Crippen LogP contribution < -0.4 is 5.32 Å². The van der Waals surface area contributed by atoms with Gasteiger partial charge in [-0.3, -0.25) is 4.79 Å². The molecule has 2 atom stereocenters. The summed E-state index contributed by atoms with van der Waals surface area (Å²) < 4.78 is 5.71. The molecule has 0 aromatic heterocycles. The summed E-state index contributed by atoms with van der Waals surface area (Å²) in [5.74, 6) is -1.14. The summed E-state index contributed by atoms with van der Waals surface area (Å²) in [4.78, 5) is 24.5. The molecule has 6 heteroatoms. The van der Waals surface area contributed by atoms with Crippen LogP contribution in [0.25, 0.3) is 0 Å². The summed E-state index contributed by atoms with van der Waals surface area (Å²) in [6, 6.07) is -0.0669. The topological polar surface area (TPSA) is 78.9 Å². The number of nitrogens with zero attached hydrogens (tertiary/aromatic N) is 1. The number of amides is 2. The van der Waals surface area contributed by atoms with Crippen LogP contribution in [0.15, 0.2) is 0 Å². The molecule has 122 valence electrons. The van der Waals surface area contributed by atoms with Crippen molar-refractivity contribution in [1.82, 2.24) is 10.2 Å². The molecular formula is C15H28N2O4. The minimum absolute atomic E-state index is 0.0669. The highest BCUT2D eigenvalue weighted by molar-refractivity contribution is 5.74. The fraction of sp³-hybridized carbons (Fsp3) is 0.867. The summed E-state index contributed by atoms with van der Waals surface area (Å²) in [5.41, 5.74) is 0. The first kappa shape index (κ1) is 17.8. The van der Waals surface area contributed by atoms with Gasteiger partial charge in [0.05, 0.1) is 12.0 Å². The SMILES string of the molecule is CCCOC1CCCN(C(=O)NCCCC(C)C(=O)O)C1. The van der Waals surface area contributed by atoms with Crippen LogP contribution in [-0.2, 0) is 9.53 Å². The van der Waals surface area contributed by atoms with Crippen molar-refractivity contribution in [2.24, 2.45) is 5.92 Å². The highest BCUT2D eigenvalue weighted by Gasteiger charge is 2.23. The Hall–Kier alpha value is -1.30. The number of carboxylic acids is 1. The first-order valence-corrected chi connectivity index (χ1v) is 7.91. The molecule has 0 bridgehead atoms. The molecule has 1 fully saturated rings. The number of hydrogen-bond donors (Lipinski definition) is 2. The van der Waals surface area contributed by atoms with Gasteiger partial charge in [0.15, 0.2) is 0 Å². The second kappa shape index (κ2) is 9.60. The summed E-state index contributed by atoms with van der Waals surface area (Å²) in [7, 11) is 0. The van der Waals surface area contributed by atoms with Crippen LogP contribution in [-0.4, -0.2) is 54.4 Å². The summed E-state index contributed by atoms with van der Waals surface area (Å²) in [6.07, 6.45) is 4.39. The van der Waals surface area contributed by atoms with Crippen LogP contribution in [0.5, 0.6) is 0 Å². The van der Waals surface area contributed by atoms with Gasteiger partial charge >= 0.3 is 12.0 Å². The Morgan fingerprint density at radius 2 is 2.24 bits per heavy atom. The summed E-state index contributed by atoms with van der Waals surface area (Å²) in [6.45, 7) is 6.44. The van der Waals surface area contributed by atoms with Gasteiger partial charge in [-0.15, -0.1) is 0 Å². The second-order valence-electron chi connectivity index (χ2n) is 5.69. The lowest BCUT2D eigenvalue weighted by molar-refractivity contribution is -0.141. The third-order valence-electron chi connectivity index (χ3n) is 3.73. The molecule has 1 rings (SSSR count).